The van der Waals surface area contributed by atoms with Gasteiger partial charge in [0, 0.05) is 54.1 Å². The van der Waals surface area contributed by atoms with E-state index in [1.807, 2.05) is 30.4 Å². The molecule has 2 aromatic carbocycles. The summed E-state index contributed by atoms with van der Waals surface area (Å²) in [5, 5.41) is 20.8. The van der Waals surface area contributed by atoms with Crippen molar-refractivity contribution in [1.29, 1.82) is 5.26 Å². The average Bonchev–Trinajstić information content (AvgIpc) is 3.18. The van der Waals surface area contributed by atoms with Crippen LogP contribution in [0.2, 0.25) is 0 Å². The Kier molecular flexibility index (Phi) is 5.11. The van der Waals surface area contributed by atoms with Crippen molar-refractivity contribution in [3.63, 3.8) is 0 Å². The summed E-state index contributed by atoms with van der Waals surface area (Å²) in [5.74, 6) is -0.481. The molecule has 0 aliphatic carbocycles. The van der Waals surface area contributed by atoms with Crippen LogP contribution in [0.25, 0.3) is 32.8 Å². The van der Waals surface area contributed by atoms with Crippen LogP contribution in [0, 0.1) is 17.1 Å². The zero-order valence-corrected chi connectivity index (χ0v) is 18.9. The van der Waals surface area contributed by atoms with Gasteiger partial charge in [0.15, 0.2) is 11.2 Å². The molecule has 2 N–H and O–H groups in total. The molecule has 0 unspecified atom stereocenters. The maximum atomic E-state index is 16.3. The van der Waals surface area contributed by atoms with Crippen molar-refractivity contribution in [2.24, 2.45) is 0 Å². The number of nitrogens with one attached hydrogen (secondary N) is 1. The molecule has 0 amide bonds. The van der Waals surface area contributed by atoms with Crippen LogP contribution in [0.1, 0.15) is 31.0 Å². The molecular formula is C25H26FN5O2. The first-order valence-electron chi connectivity index (χ1n) is 11.1. The van der Waals surface area contributed by atoms with E-state index in [1.54, 1.807) is 24.3 Å². The number of hydrogen-bond donors (Lipinski definition) is 2. The van der Waals surface area contributed by atoms with E-state index >= 15 is 4.39 Å². The van der Waals surface area contributed by atoms with E-state index in [2.05, 4.69) is 16.0 Å². The maximum absolute atomic E-state index is 16.3. The second-order valence-electron chi connectivity index (χ2n) is 9.06. The van der Waals surface area contributed by atoms with Crippen molar-refractivity contribution in [3.05, 3.63) is 51.4 Å². The van der Waals surface area contributed by atoms with Crippen molar-refractivity contribution < 1.29 is 9.50 Å². The number of aliphatic hydroxyl groups excluding tert-OH is 1. The van der Waals surface area contributed by atoms with Crippen LogP contribution in [0.5, 0.6) is 0 Å². The van der Waals surface area contributed by atoms with Crippen molar-refractivity contribution in [3.8, 4) is 6.07 Å². The van der Waals surface area contributed by atoms with Gasteiger partial charge < -0.3 is 24.5 Å². The number of fused-ring (bicyclic) bond motifs is 4. The molecule has 4 aromatic rings. The molecule has 0 bridgehead atoms. The quantitative estimate of drug-likeness (QED) is 0.502. The molecule has 3 heterocycles. The predicted molar refractivity (Wildman–Crippen MR) is 128 cm³/mol. The number of aromatic amines is 1. The number of rotatable bonds is 3. The first-order valence-corrected chi connectivity index (χ1v) is 11.1. The van der Waals surface area contributed by atoms with Crippen molar-refractivity contribution in [2.45, 2.75) is 26.5 Å². The number of nitriles is 1. The minimum atomic E-state index is -0.481. The Hall–Kier alpha value is -3.41. The van der Waals surface area contributed by atoms with Gasteiger partial charge in [-0.25, -0.2) is 4.39 Å². The molecular weight excluding hydrogens is 421 g/mol. The largest absolute Gasteiger partial charge is 0.392 e. The number of nitrogens with zero attached hydrogens (tertiary/aromatic N) is 4. The zero-order chi connectivity index (χ0) is 23.4. The number of halogens is 1. The molecule has 33 heavy (non-hydrogen) atoms. The van der Waals surface area contributed by atoms with Gasteiger partial charge in [0.2, 0.25) is 0 Å². The fraction of sp³-hybridized carbons (Fsp3) is 0.360. The lowest BCUT2D eigenvalue weighted by Crippen LogP contribution is -2.45. The van der Waals surface area contributed by atoms with Crippen LogP contribution in [-0.4, -0.2) is 52.8 Å². The molecule has 1 aliphatic rings. The minimum Gasteiger partial charge on any atom is -0.392 e. The van der Waals surface area contributed by atoms with E-state index < -0.39 is 5.82 Å². The van der Waals surface area contributed by atoms with Gasteiger partial charge in [0.05, 0.1) is 34.8 Å². The SMILES string of the molecule is CC(C)n1c2[nH]c3cc(C#N)ccc3c2c(=O)c2cc(CO)c(N3CCN(C)CC3)c(F)c21. The second-order valence-corrected chi connectivity index (χ2v) is 9.06. The molecule has 0 saturated carbocycles. The summed E-state index contributed by atoms with van der Waals surface area (Å²) in [6, 6.07) is 8.76. The lowest BCUT2D eigenvalue weighted by molar-refractivity contribution is 0.279. The summed E-state index contributed by atoms with van der Waals surface area (Å²) in [4.78, 5) is 21.1. The van der Waals surface area contributed by atoms with Crippen LogP contribution in [-0.2, 0) is 6.61 Å². The van der Waals surface area contributed by atoms with Crippen LogP contribution < -0.4 is 10.3 Å². The van der Waals surface area contributed by atoms with Gasteiger partial charge in [0.1, 0.15) is 5.65 Å². The summed E-state index contributed by atoms with van der Waals surface area (Å²) in [6.07, 6.45) is 0. The number of aliphatic hydroxyl groups is 1. The van der Waals surface area contributed by atoms with Crippen LogP contribution >= 0.6 is 0 Å². The fourth-order valence-corrected chi connectivity index (χ4v) is 5.01. The van der Waals surface area contributed by atoms with E-state index in [9.17, 15) is 15.2 Å². The highest BCUT2D eigenvalue weighted by Crippen LogP contribution is 2.36. The molecule has 0 spiro atoms. The normalized spacial score (nSPS) is 15.2. The Morgan fingerprint density at radius 2 is 1.91 bits per heavy atom. The number of H-pyrrole nitrogens is 1. The average molecular weight is 448 g/mol. The van der Waals surface area contributed by atoms with Gasteiger partial charge >= 0.3 is 0 Å². The molecule has 170 valence electrons. The van der Waals surface area contributed by atoms with E-state index in [1.165, 1.54) is 0 Å². The Morgan fingerprint density at radius 1 is 1.18 bits per heavy atom. The molecule has 1 aliphatic heterocycles. The monoisotopic (exact) mass is 447 g/mol. The standard InChI is InChI=1S/C25H26FN5O2/c1-14(2)31-23-18(11-16(13-32)22(21(23)26)30-8-6-29(3)7-9-30)24(33)20-17-5-4-15(12-27)10-19(17)28-25(20)31/h4-5,10-11,14,28,32H,6-9,13H2,1-3H3. The summed E-state index contributed by atoms with van der Waals surface area (Å²) >= 11 is 0. The number of benzene rings is 2. The van der Waals surface area contributed by atoms with Crippen molar-refractivity contribution >= 4 is 38.5 Å². The smallest absolute Gasteiger partial charge is 0.199 e. The first-order chi connectivity index (χ1) is 15.8. The van der Waals surface area contributed by atoms with Gasteiger partial charge in [-0.1, -0.05) is 6.07 Å². The molecule has 1 fully saturated rings. The third-order valence-electron chi connectivity index (χ3n) is 6.66. The van der Waals surface area contributed by atoms with Crippen LogP contribution in [0.3, 0.4) is 0 Å². The molecule has 2 aromatic heterocycles. The maximum Gasteiger partial charge on any atom is 0.199 e. The van der Waals surface area contributed by atoms with Crippen molar-refractivity contribution in [1.82, 2.24) is 14.5 Å². The van der Waals surface area contributed by atoms with E-state index in [0.29, 0.717) is 51.8 Å². The van der Waals surface area contributed by atoms with Gasteiger partial charge in [-0.15, -0.1) is 0 Å². The van der Waals surface area contributed by atoms with Gasteiger partial charge in [-0.2, -0.15) is 5.26 Å². The molecule has 0 radical (unpaired) electrons. The lowest BCUT2D eigenvalue weighted by Gasteiger charge is -2.35. The van der Waals surface area contributed by atoms with Crippen LogP contribution in [0.4, 0.5) is 10.1 Å². The molecule has 1 saturated heterocycles. The number of pyridine rings is 1. The molecule has 7 nitrogen and oxygen atoms in total. The molecule has 8 heteroatoms. The summed E-state index contributed by atoms with van der Waals surface area (Å²) < 4.78 is 18.1. The highest BCUT2D eigenvalue weighted by molar-refractivity contribution is 6.10. The first kappa shape index (κ1) is 21.4. The predicted octanol–water partition coefficient (Wildman–Crippen LogP) is 3.47. The zero-order valence-electron chi connectivity index (χ0n) is 18.9. The lowest BCUT2D eigenvalue weighted by atomic mass is 10.0. The van der Waals surface area contributed by atoms with Gasteiger partial charge in [0.25, 0.3) is 0 Å². The Bertz CT molecular complexity index is 1500. The van der Waals surface area contributed by atoms with E-state index in [4.69, 9.17) is 0 Å². The molecule has 5 rings (SSSR count). The number of anilines is 1. The second kappa shape index (κ2) is 7.87. The number of likely N-dealkylation sites (N-methyl/N-ethyl adjacent to an activating group) is 1. The third-order valence-corrected chi connectivity index (χ3v) is 6.66. The number of aromatic nitrogens is 2. The topological polar surface area (TPSA) is 88.3 Å². The fourth-order valence-electron chi connectivity index (χ4n) is 5.01. The van der Waals surface area contributed by atoms with Crippen LogP contribution in [0.15, 0.2) is 29.1 Å². The number of hydrogen-bond acceptors (Lipinski definition) is 5. The highest BCUT2D eigenvalue weighted by Gasteiger charge is 2.27. The van der Waals surface area contributed by atoms with E-state index in [-0.39, 0.29) is 29.0 Å². The third kappa shape index (κ3) is 3.19. The van der Waals surface area contributed by atoms with Gasteiger partial charge in [-0.3, -0.25) is 4.79 Å². The van der Waals surface area contributed by atoms with Crippen molar-refractivity contribution in [2.75, 3.05) is 38.1 Å². The Morgan fingerprint density at radius 3 is 2.55 bits per heavy atom. The summed E-state index contributed by atoms with van der Waals surface area (Å²) in [7, 11) is 2.03. The Labute approximate surface area is 190 Å². The number of piperazine rings is 1. The molecule has 0 atom stereocenters. The van der Waals surface area contributed by atoms with Gasteiger partial charge in [-0.05, 0) is 39.1 Å². The van der Waals surface area contributed by atoms with E-state index in [0.717, 1.165) is 13.1 Å². The Balaban J connectivity index is 1.92. The minimum absolute atomic E-state index is 0.145. The highest BCUT2D eigenvalue weighted by atomic mass is 19.1. The summed E-state index contributed by atoms with van der Waals surface area (Å²) in [6.45, 7) is 6.41. The summed E-state index contributed by atoms with van der Waals surface area (Å²) in [5.41, 5.74) is 2.41.